The van der Waals surface area contributed by atoms with Crippen molar-refractivity contribution >= 4 is 51.9 Å². The molecule has 0 saturated heterocycles. The molecule has 0 saturated carbocycles. The van der Waals surface area contributed by atoms with Crippen molar-refractivity contribution in [2.75, 3.05) is 26.9 Å². The minimum Gasteiger partial charge on any atom is -0.490 e. The summed E-state index contributed by atoms with van der Waals surface area (Å²) in [6.07, 6.45) is 1.81. The van der Waals surface area contributed by atoms with Gasteiger partial charge >= 0.3 is 11.9 Å². The first-order valence-electron chi connectivity index (χ1n) is 15.3. The van der Waals surface area contributed by atoms with Gasteiger partial charge in [0.25, 0.3) is 5.56 Å². The van der Waals surface area contributed by atoms with E-state index in [1.54, 1.807) is 32.0 Å². The van der Waals surface area contributed by atoms with Crippen LogP contribution in [0, 0.1) is 10.5 Å². The minimum absolute atomic E-state index is 0.153. The number of thiazole rings is 1. The molecule has 0 amide bonds. The highest BCUT2D eigenvalue weighted by Gasteiger charge is 2.34. The van der Waals surface area contributed by atoms with Gasteiger partial charge in [0, 0.05) is 0 Å². The molecule has 1 aliphatic heterocycles. The number of rotatable bonds is 12. The summed E-state index contributed by atoms with van der Waals surface area (Å²) in [5.74, 6) is 0.291. The number of benzene rings is 3. The number of nitrogens with zero attached hydrogens (tertiary/aromatic N) is 2. The van der Waals surface area contributed by atoms with Crippen LogP contribution in [0.4, 0.5) is 0 Å². The van der Waals surface area contributed by atoms with E-state index in [1.807, 2.05) is 56.3 Å². The molecule has 5 rings (SSSR count). The number of methoxy groups -OCH3 is 1. The Kier molecular flexibility index (Phi) is 11.4. The van der Waals surface area contributed by atoms with Gasteiger partial charge in [-0.2, -0.15) is 0 Å². The lowest BCUT2D eigenvalue weighted by Gasteiger charge is -2.25. The number of hydrogen-bond donors (Lipinski definition) is 0. The summed E-state index contributed by atoms with van der Waals surface area (Å²) in [5.41, 5.74) is 4.03. The van der Waals surface area contributed by atoms with Crippen LogP contribution < -0.4 is 29.1 Å². The highest BCUT2D eigenvalue weighted by atomic mass is 127. The number of carbonyl (C=O) groups is 2. The first-order valence-corrected chi connectivity index (χ1v) is 17.2. The van der Waals surface area contributed by atoms with E-state index in [0.717, 1.165) is 20.4 Å². The Morgan fingerprint density at radius 3 is 2.46 bits per heavy atom. The molecule has 250 valence electrons. The number of fused-ring (bicyclic) bond motifs is 1. The number of aromatic nitrogens is 1. The van der Waals surface area contributed by atoms with Crippen LogP contribution in [0.3, 0.4) is 0 Å². The lowest BCUT2D eigenvalue weighted by atomic mass is 9.95. The van der Waals surface area contributed by atoms with Crippen molar-refractivity contribution < 1.29 is 33.3 Å². The summed E-state index contributed by atoms with van der Waals surface area (Å²) < 4.78 is 30.5. The molecule has 1 atom stereocenters. The van der Waals surface area contributed by atoms with Crippen LogP contribution >= 0.6 is 33.9 Å². The maximum atomic E-state index is 14.1. The predicted octanol–water partition coefficient (Wildman–Crippen LogP) is 5.24. The van der Waals surface area contributed by atoms with Crippen molar-refractivity contribution in [2.45, 2.75) is 40.3 Å². The summed E-state index contributed by atoms with van der Waals surface area (Å²) in [6.45, 7) is 7.92. The minimum atomic E-state index is -0.853. The molecule has 0 N–H and O–H groups in total. The second-order valence-corrected chi connectivity index (χ2v) is 12.9. The van der Waals surface area contributed by atoms with Gasteiger partial charge in [-0.25, -0.2) is 14.6 Å². The average molecular weight is 783 g/mol. The van der Waals surface area contributed by atoms with Crippen LogP contribution in [-0.2, 0) is 25.7 Å². The van der Waals surface area contributed by atoms with Crippen molar-refractivity contribution in [3.05, 3.63) is 117 Å². The summed E-state index contributed by atoms with van der Waals surface area (Å²) in [6, 6.07) is 18.1. The first-order chi connectivity index (χ1) is 23.1. The molecule has 12 heteroatoms. The SMILES string of the molecule is CCOC(=O)C1=C(C)N=c2s/c(=C\c3ccc(OCc4cccc(C)c4)c(I)c3)c(=O)n2[C@H]1c1ccc(OCC(=O)OC)c(OCC)c1. The summed E-state index contributed by atoms with van der Waals surface area (Å²) >= 11 is 3.47. The van der Waals surface area contributed by atoms with Gasteiger partial charge in [0.15, 0.2) is 22.9 Å². The molecule has 3 aromatic carbocycles. The average Bonchev–Trinajstić information content (AvgIpc) is 3.36. The van der Waals surface area contributed by atoms with E-state index in [4.69, 9.17) is 18.9 Å². The Hall–Kier alpha value is -4.43. The molecule has 2 heterocycles. The Balaban J connectivity index is 1.54. The van der Waals surface area contributed by atoms with Crippen molar-refractivity contribution in [2.24, 2.45) is 4.99 Å². The van der Waals surface area contributed by atoms with Crippen molar-refractivity contribution in [3.8, 4) is 17.2 Å². The third-order valence-corrected chi connectivity index (χ3v) is 9.23. The molecule has 0 radical (unpaired) electrons. The highest BCUT2D eigenvalue weighted by Crippen LogP contribution is 2.36. The molecule has 4 aromatic rings. The molecule has 0 bridgehead atoms. The zero-order valence-electron chi connectivity index (χ0n) is 27.2. The van der Waals surface area contributed by atoms with E-state index in [1.165, 1.54) is 28.6 Å². The Bertz CT molecular complexity index is 2070. The zero-order chi connectivity index (χ0) is 34.4. The van der Waals surface area contributed by atoms with Crippen LogP contribution in [0.1, 0.15) is 49.1 Å². The van der Waals surface area contributed by atoms with Gasteiger partial charge in [-0.15, -0.1) is 0 Å². The standard InChI is InChI=1S/C36H35IN2O8S/c1-6-44-29-18-25(12-14-28(29)47-20-31(40)43-5)33-32(35(42)45-7-2)22(4)38-36-39(33)34(41)30(48-36)17-23-11-13-27(26(37)16-23)46-19-24-10-8-9-21(3)15-24/h8-18,33H,6-7,19-20H2,1-5H3/b30-17-/t33-/m0/s1. The molecule has 0 fully saturated rings. The molecule has 10 nitrogen and oxygen atoms in total. The van der Waals surface area contributed by atoms with Gasteiger partial charge in [0.2, 0.25) is 0 Å². The topological polar surface area (TPSA) is 115 Å². The van der Waals surface area contributed by atoms with E-state index in [0.29, 0.717) is 45.3 Å². The molecule has 0 aliphatic carbocycles. The molecule has 48 heavy (non-hydrogen) atoms. The lowest BCUT2D eigenvalue weighted by Crippen LogP contribution is -2.40. The summed E-state index contributed by atoms with van der Waals surface area (Å²) in [7, 11) is 1.28. The summed E-state index contributed by atoms with van der Waals surface area (Å²) in [5, 5.41) is 0. The Morgan fingerprint density at radius 2 is 1.75 bits per heavy atom. The van der Waals surface area contributed by atoms with Crippen molar-refractivity contribution in [3.63, 3.8) is 0 Å². The number of ether oxygens (including phenoxy) is 5. The lowest BCUT2D eigenvalue weighted by molar-refractivity contribution is -0.143. The fourth-order valence-corrected chi connectivity index (χ4v) is 6.96. The van der Waals surface area contributed by atoms with E-state index in [-0.39, 0.29) is 24.3 Å². The van der Waals surface area contributed by atoms with Gasteiger partial charge in [0.05, 0.1) is 45.7 Å². The zero-order valence-corrected chi connectivity index (χ0v) is 30.2. The maximum absolute atomic E-state index is 14.1. The van der Waals surface area contributed by atoms with Gasteiger partial charge in [-0.3, -0.25) is 9.36 Å². The number of hydrogen-bond acceptors (Lipinski definition) is 10. The van der Waals surface area contributed by atoms with Gasteiger partial charge in [-0.1, -0.05) is 53.3 Å². The molecule has 0 unspecified atom stereocenters. The molecule has 0 spiro atoms. The smallest absolute Gasteiger partial charge is 0.343 e. The van der Waals surface area contributed by atoms with Crippen LogP contribution in [0.2, 0.25) is 0 Å². The van der Waals surface area contributed by atoms with E-state index >= 15 is 0 Å². The Morgan fingerprint density at radius 1 is 0.958 bits per heavy atom. The van der Waals surface area contributed by atoms with Crippen molar-refractivity contribution in [1.82, 2.24) is 4.57 Å². The highest BCUT2D eigenvalue weighted by molar-refractivity contribution is 14.1. The number of aryl methyl sites for hydroxylation is 1. The predicted molar refractivity (Wildman–Crippen MR) is 190 cm³/mol. The van der Waals surface area contributed by atoms with Gasteiger partial charge in [0.1, 0.15) is 12.4 Å². The van der Waals surface area contributed by atoms with Crippen LogP contribution in [-0.4, -0.2) is 43.4 Å². The second kappa shape index (κ2) is 15.6. The molecule has 1 aromatic heterocycles. The first kappa shape index (κ1) is 34.9. The maximum Gasteiger partial charge on any atom is 0.343 e. The fraction of sp³-hybridized carbons (Fsp3) is 0.278. The number of allylic oxidation sites excluding steroid dienone is 1. The van der Waals surface area contributed by atoms with Crippen LogP contribution in [0.15, 0.2) is 81.7 Å². The van der Waals surface area contributed by atoms with E-state index < -0.39 is 18.0 Å². The largest absolute Gasteiger partial charge is 0.490 e. The Labute approximate surface area is 295 Å². The van der Waals surface area contributed by atoms with Crippen molar-refractivity contribution in [1.29, 1.82) is 0 Å². The van der Waals surface area contributed by atoms with E-state index in [2.05, 4.69) is 38.4 Å². The number of esters is 2. The normalized spacial score (nSPS) is 14.2. The van der Waals surface area contributed by atoms with Crippen LogP contribution in [0.25, 0.3) is 6.08 Å². The molecule has 1 aliphatic rings. The van der Waals surface area contributed by atoms with Gasteiger partial charge < -0.3 is 23.7 Å². The molecular formula is C36H35IN2O8S. The third kappa shape index (κ3) is 7.81. The fourth-order valence-electron chi connectivity index (χ4n) is 5.22. The summed E-state index contributed by atoms with van der Waals surface area (Å²) in [4.78, 5) is 44.3. The number of carbonyl (C=O) groups excluding carboxylic acids is 2. The monoisotopic (exact) mass is 782 g/mol. The third-order valence-electron chi connectivity index (χ3n) is 7.40. The number of halogens is 1. The van der Waals surface area contributed by atoms with Gasteiger partial charge in [-0.05, 0) is 97.3 Å². The quantitative estimate of drug-likeness (QED) is 0.142. The van der Waals surface area contributed by atoms with E-state index in [9.17, 15) is 14.4 Å². The van der Waals surface area contributed by atoms with Crippen LogP contribution in [0.5, 0.6) is 17.2 Å². The molecular weight excluding hydrogens is 747 g/mol. The second-order valence-electron chi connectivity index (χ2n) is 10.8.